The number of nitrogens with two attached hydrogens (primary N) is 1. The van der Waals surface area contributed by atoms with Crippen molar-refractivity contribution in [3.05, 3.63) is 56.7 Å². The van der Waals surface area contributed by atoms with Gasteiger partial charge in [0.15, 0.2) is 0 Å². The standard InChI is InChI=1S/C14H17BrN2S.ClH/c15-14-8-13(11-18-14)10-17(7-6-16)9-12-4-2-1-3-5-12;/h1-5,8,11H,6-7,9-10,16H2;1H. The minimum Gasteiger partial charge on any atom is -0.329 e. The number of hydrogen-bond donors (Lipinski definition) is 1. The molecule has 0 saturated heterocycles. The average Bonchev–Trinajstić information content (AvgIpc) is 2.76. The average molecular weight is 362 g/mol. The third-order valence-electron chi connectivity index (χ3n) is 2.72. The molecule has 0 unspecified atom stereocenters. The minimum absolute atomic E-state index is 0. The summed E-state index contributed by atoms with van der Waals surface area (Å²) in [7, 11) is 0. The van der Waals surface area contributed by atoms with Crippen LogP contribution >= 0.6 is 39.7 Å². The monoisotopic (exact) mass is 360 g/mol. The molecule has 104 valence electrons. The number of benzene rings is 1. The number of rotatable bonds is 6. The van der Waals surface area contributed by atoms with Crippen LogP contribution in [0.2, 0.25) is 0 Å². The fourth-order valence-corrected chi connectivity index (χ4v) is 3.13. The van der Waals surface area contributed by atoms with Gasteiger partial charge < -0.3 is 5.73 Å². The molecule has 0 aliphatic carbocycles. The van der Waals surface area contributed by atoms with Gasteiger partial charge in [-0.3, -0.25) is 4.90 Å². The third kappa shape index (κ3) is 5.63. The van der Waals surface area contributed by atoms with Crippen molar-refractivity contribution in [2.45, 2.75) is 13.1 Å². The summed E-state index contributed by atoms with van der Waals surface area (Å²) in [6.07, 6.45) is 0. The maximum Gasteiger partial charge on any atom is 0.0701 e. The van der Waals surface area contributed by atoms with E-state index in [1.54, 1.807) is 11.3 Å². The molecule has 1 aromatic heterocycles. The van der Waals surface area contributed by atoms with Crippen molar-refractivity contribution >= 4 is 39.7 Å². The van der Waals surface area contributed by atoms with Gasteiger partial charge >= 0.3 is 0 Å². The molecule has 0 bridgehead atoms. The van der Waals surface area contributed by atoms with Gasteiger partial charge in [-0.05, 0) is 38.5 Å². The highest BCUT2D eigenvalue weighted by atomic mass is 79.9. The van der Waals surface area contributed by atoms with E-state index in [0.29, 0.717) is 6.54 Å². The first-order valence-corrected chi connectivity index (χ1v) is 7.64. The molecule has 0 amide bonds. The Labute approximate surface area is 133 Å². The van der Waals surface area contributed by atoms with E-state index in [0.717, 1.165) is 19.6 Å². The molecule has 0 saturated carbocycles. The van der Waals surface area contributed by atoms with E-state index in [1.807, 2.05) is 6.07 Å². The van der Waals surface area contributed by atoms with Crippen molar-refractivity contribution < 1.29 is 0 Å². The Hall–Kier alpha value is -0.390. The topological polar surface area (TPSA) is 29.3 Å². The molecule has 0 atom stereocenters. The Bertz CT molecular complexity index is 475. The van der Waals surface area contributed by atoms with E-state index in [9.17, 15) is 0 Å². The fourth-order valence-electron chi connectivity index (χ4n) is 1.93. The van der Waals surface area contributed by atoms with Gasteiger partial charge in [0.1, 0.15) is 0 Å². The number of thiophene rings is 1. The van der Waals surface area contributed by atoms with Gasteiger partial charge in [0.25, 0.3) is 0 Å². The lowest BCUT2D eigenvalue weighted by Crippen LogP contribution is -2.28. The van der Waals surface area contributed by atoms with Gasteiger partial charge in [-0.15, -0.1) is 23.7 Å². The van der Waals surface area contributed by atoms with E-state index >= 15 is 0 Å². The van der Waals surface area contributed by atoms with E-state index in [4.69, 9.17) is 5.73 Å². The second-order valence-corrected chi connectivity index (χ2v) is 6.53. The first-order chi connectivity index (χ1) is 8.78. The molecule has 1 aromatic carbocycles. The molecule has 0 aliphatic heterocycles. The summed E-state index contributed by atoms with van der Waals surface area (Å²) in [5.41, 5.74) is 8.37. The van der Waals surface area contributed by atoms with Crippen LogP contribution in [0.1, 0.15) is 11.1 Å². The number of hydrogen-bond acceptors (Lipinski definition) is 3. The van der Waals surface area contributed by atoms with Crippen molar-refractivity contribution in [3.8, 4) is 0 Å². The van der Waals surface area contributed by atoms with Crippen LogP contribution in [0.4, 0.5) is 0 Å². The summed E-state index contributed by atoms with van der Waals surface area (Å²) in [6.45, 7) is 3.51. The van der Waals surface area contributed by atoms with Gasteiger partial charge in [0, 0.05) is 26.2 Å². The maximum absolute atomic E-state index is 5.69. The van der Waals surface area contributed by atoms with Crippen molar-refractivity contribution in [3.63, 3.8) is 0 Å². The van der Waals surface area contributed by atoms with Gasteiger partial charge in [0.05, 0.1) is 3.79 Å². The summed E-state index contributed by atoms with van der Waals surface area (Å²) in [5.74, 6) is 0. The van der Waals surface area contributed by atoms with Crippen molar-refractivity contribution in [1.82, 2.24) is 4.90 Å². The normalized spacial score (nSPS) is 10.5. The van der Waals surface area contributed by atoms with Gasteiger partial charge in [0.2, 0.25) is 0 Å². The lowest BCUT2D eigenvalue weighted by Gasteiger charge is -2.21. The molecule has 0 spiro atoms. The van der Waals surface area contributed by atoms with Crippen LogP contribution in [-0.2, 0) is 13.1 Å². The van der Waals surface area contributed by atoms with Crippen LogP contribution in [-0.4, -0.2) is 18.0 Å². The first-order valence-electron chi connectivity index (χ1n) is 5.97. The maximum atomic E-state index is 5.69. The molecule has 19 heavy (non-hydrogen) atoms. The summed E-state index contributed by atoms with van der Waals surface area (Å²) in [5, 5.41) is 2.19. The second kappa shape index (κ2) is 8.72. The quantitative estimate of drug-likeness (QED) is 0.845. The van der Waals surface area contributed by atoms with Crippen LogP contribution in [0.5, 0.6) is 0 Å². The third-order valence-corrected chi connectivity index (χ3v) is 4.28. The Morgan fingerprint density at radius 3 is 2.37 bits per heavy atom. The van der Waals surface area contributed by atoms with Crippen LogP contribution in [0.15, 0.2) is 45.6 Å². The van der Waals surface area contributed by atoms with Crippen LogP contribution in [0.3, 0.4) is 0 Å². The lowest BCUT2D eigenvalue weighted by molar-refractivity contribution is 0.264. The molecule has 5 heteroatoms. The number of nitrogens with zero attached hydrogens (tertiary/aromatic N) is 1. The van der Waals surface area contributed by atoms with Crippen LogP contribution in [0, 0.1) is 0 Å². The Morgan fingerprint density at radius 1 is 1.11 bits per heavy atom. The van der Waals surface area contributed by atoms with Gasteiger partial charge in [-0.25, -0.2) is 0 Å². The fraction of sp³-hybridized carbons (Fsp3) is 0.286. The van der Waals surface area contributed by atoms with Crippen LogP contribution in [0.25, 0.3) is 0 Å². The minimum atomic E-state index is 0. The molecule has 0 radical (unpaired) electrons. The molecule has 0 aliphatic rings. The number of halogens is 2. The van der Waals surface area contributed by atoms with Crippen molar-refractivity contribution in [1.29, 1.82) is 0 Å². The summed E-state index contributed by atoms with van der Waals surface area (Å²) >= 11 is 5.23. The summed E-state index contributed by atoms with van der Waals surface area (Å²) < 4.78 is 1.19. The Balaban J connectivity index is 0.00000180. The predicted octanol–water partition coefficient (Wildman–Crippen LogP) is 3.89. The molecule has 0 fully saturated rings. The highest BCUT2D eigenvalue weighted by Crippen LogP contribution is 2.22. The van der Waals surface area contributed by atoms with E-state index < -0.39 is 0 Å². The first kappa shape index (κ1) is 16.7. The van der Waals surface area contributed by atoms with E-state index in [2.05, 4.69) is 56.5 Å². The molecular weight excluding hydrogens is 344 g/mol. The van der Waals surface area contributed by atoms with E-state index in [1.165, 1.54) is 14.9 Å². The highest BCUT2D eigenvalue weighted by Gasteiger charge is 2.07. The lowest BCUT2D eigenvalue weighted by atomic mass is 10.2. The van der Waals surface area contributed by atoms with Gasteiger partial charge in [-0.2, -0.15) is 0 Å². The molecule has 2 rings (SSSR count). The summed E-state index contributed by atoms with van der Waals surface area (Å²) in [6, 6.07) is 12.7. The van der Waals surface area contributed by atoms with E-state index in [-0.39, 0.29) is 12.4 Å². The SMILES string of the molecule is Cl.NCCN(Cc1ccccc1)Cc1csc(Br)c1. The zero-order valence-corrected chi connectivity index (χ0v) is 13.8. The van der Waals surface area contributed by atoms with Crippen molar-refractivity contribution in [2.75, 3.05) is 13.1 Å². The molecule has 1 heterocycles. The molecule has 2 nitrogen and oxygen atoms in total. The second-order valence-electron chi connectivity index (χ2n) is 4.24. The Kier molecular flexibility index (Phi) is 7.64. The molecule has 2 aromatic rings. The molecule has 2 N–H and O–H groups in total. The molecular formula is C14H18BrClN2S. The Morgan fingerprint density at radius 2 is 1.79 bits per heavy atom. The highest BCUT2D eigenvalue weighted by molar-refractivity contribution is 9.11. The van der Waals surface area contributed by atoms with Crippen LogP contribution < -0.4 is 5.73 Å². The predicted molar refractivity (Wildman–Crippen MR) is 88.9 cm³/mol. The summed E-state index contributed by atoms with van der Waals surface area (Å²) in [4.78, 5) is 2.38. The zero-order chi connectivity index (χ0) is 12.8. The smallest absolute Gasteiger partial charge is 0.0701 e. The van der Waals surface area contributed by atoms with Gasteiger partial charge in [-0.1, -0.05) is 30.3 Å². The van der Waals surface area contributed by atoms with Crippen molar-refractivity contribution in [2.24, 2.45) is 5.73 Å². The zero-order valence-electron chi connectivity index (χ0n) is 10.6. The largest absolute Gasteiger partial charge is 0.329 e.